The highest BCUT2D eigenvalue weighted by molar-refractivity contribution is 7.15. The SMILES string of the molecule is O=c1/c(=C/c2ccc3noc(-c4ccccc4)c3c2)sc2nc(-c3ccncc3)nn12. The molecule has 0 atom stereocenters. The largest absolute Gasteiger partial charge is 0.355 e. The molecule has 0 N–H and O–H groups in total. The zero-order valence-electron chi connectivity index (χ0n) is 16.0. The number of fused-ring (bicyclic) bond motifs is 2. The van der Waals surface area contributed by atoms with Crippen molar-refractivity contribution in [3.8, 4) is 22.7 Å². The first-order chi connectivity index (χ1) is 15.3. The lowest BCUT2D eigenvalue weighted by molar-refractivity contribution is 0.441. The summed E-state index contributed by atoms with van der Waals surface area (Å²) in [6.07, 6.45) is 5.19. The van der Waals surface area contributed by atoms with Crippen LogP contribution in [0.25, 0.3) is 44.7 Å². The Labute approximate surface area is 178 Å². The van der Waals surface area contributed by atoms with Crippen molar-refractivity contribution in [2.75, 3.05) is 0 Å². The van der Waals surface area contributed by atoms with E-state index in [-0.39, 0.29) is 5.56 Å². The molecule has 0 aliphatic rings. The second kappa shape index (κ2) is 6.96. The van der Waals surface area contributed by atoms with Crippen LogP contribution in [0.1, 0.15) is 5.56 Å². The quantitative estimate of drug-likeness (QED) is 0.433. The molecule has 0 unspecified atom stereocenters. The monoisotopic (exact) mass is 423 g/mol. The zero-order chi connectivity index (χ0) is 20.8. The molecule has 2 aromatic carbocycles. The molecule has 6 aromatic rings. The van der Waals surface area contributed by atoms with Gasteiger partial charge in [-0.1, -0.05) is 52.9 Å². The van der Waals surface area contributed by atoms with E-state index in [9.17, 15) is 4.79 Å². The van der Waals surface area contributed by atoms with E-state index in [2.05, 4.69) is 20.2 Å². The Morgan fingerprint density at radius 1 is 0.968 bits per heavy atom. The molecule has 7 nitrogen and oxygen atoms in total. The normalized spacial score (nSPS) is 12.2. The number of thiazole rings is 1. The van der Waals surface area contributed by atoms with Crippen molar-refractivity contribution in [3.05, 3.63) is 93.5 Å². The third-order valence-corrected chi connectivity index (χ3v) is 5.91. The Kier molecular flexibility index (Phi) is 3.97. The summed E-state index contributed by atoms with van der Waals surface area (Å²) < 4.78 is 7.48. The smallest absolute Gasteiger partial charge is 0.291 e. The molecule has 8 heteroatoms. The van der Waals surface area contributed by atoms with E-state index >= 15 is 0 Å². The fourth-order valence-corrected chi connectivity index (χ4v) is 4.36. The van der Waals surface area contributed by atoms with Gasteiger partial charge in [0.25, 0.3) is 5.56 Å². The number of hydrogen-bond donors (Lipinski definition) is 0. The lowest BCUT2D eigenvalue weighted by Gasteiger charge is -1.97. The lowest BCUT2D eigenvalue weighted by atomic mass is 10.1. The molecule has 4 heterocycles. The second-order valence-electron chi connectivity index (χ2n) is 6.94. The van der Waals surface area contributed by atoms with Gasteiger partial charge in [-0.2, -0.15) is 9.50 Å². The van der Waals surface area contributed by atoms with Crippen molar-refractivity contribution in [1.82, 2.24) is 24.7 Å². The number of nitrogens with zero attached hydrogens (tertiary/aromatic N) is 5. The summed E-state index contributed by atoms with van der Waals surface area (Å²) >= 11 is 1.31. The minimum absolute atomic E-state index is 0.193. The fraction of sp³-hybridized carbons (Fsp3) is 0. The Bertz CT molecular complexity index is 1650. The van der Waals surface area contributed by atoms with Crippen LogP contribution in [0, 0.1) is 0 Å². The van der Waals surface area contributed by atoms with Crippen LogP contribution in [-0.2, 0) is 0 Å². The second-order valence-corrected chi connectivity index (χ2v) is 7.94. The van der Waals surface area contributed by atoms with Gasteiger partial charge in [0.2, 0.25) is 4.96 Å². The molecule has 0 bridgehead atoms. The van der Waals surface area contributed by atoms with E-state index in [1.54, 1.807) is 12.4 Å². The van der Waals surface area contributed by atoms with E-state index in [0.29, 0.717) is 21.1 Å². The van der Waals surface area contributed by atoms with Gasteiger partial charge < -0.3 is 4.52 Å². The summed E-state index contributed by atoms with van der Waals surface area (Å²) in [6.45, 7) is 0. The van der Waals surface area contributed by atoms with Crippen LogP contribution in [0.5, 0.6) is 0 Å². The first-order valence-corrected chi connectivity index (χ1v) is 10.3. The van der Waals surface area contributed by atoms with Crippen molar-refractivity contribution in [3.63, 3.8) is 0 Å². The molecule has 0 saturated carbocycles. The maximum Gasteiger partial charge on any atom is 0.291 e. The van der Waals surface area contributed by atoms with Crippen LogP contribution in [0.15, 0.2) is 82.4 Å². The van der Waals surface area contributed by atoms with Crippen LogP contribution in [0.4, 0.5) is 0 Å². The van der Waals surface area contributed by atoms with E-state index in [4.69, 9.17) is 4.52 Å². The van der Waals surface area contributed by atoms with E-state index in [1.807, 2.05) is 66.7 Å². The molecule has 0 saturated heterocycles. The van der Waals surface area contributed by atoms with Crippen LogP contribution >= 0.6 is 11.3 Å². The fourth-order valence-electron chi connectivity index (χ4n) is 3.46. The van der Waals surface area contributed by atoms with Crippen LogP contribution in [-0.4, -0.2) is 24.7 Å². The number of rotatable bonds is 3. The van der Waals surface area contributed by atoms with Gasteiger partial charge in [-0.25, -0.2) is 0 Å². The predicted molar refractivity (Wildman–Crippen MR) is 119 cm³/mol. The molecule has 148 valence electrons. The van der Waals surface area contributed by atoms with Crippen LogP contribution in [0.3, 0.4) is 0 Å². The standard InChI is InChI=1S/C23H13N5O2S/c29-22-19(31-23-25-21(26-28(22)23)16-8-10-24-11-9-16)13-14-6-7-18-17(12-14)20(30-27-18)15-4-2-1-3-5-15/h1-13H/b19-13-. The third-order valence-electron chi connectivity index (χ3n) is 4.95. The van der Waals surface area contributed by atoms with Crippen molar-refractivity contribution in [2.24, 2.45) is 0 Å². The van der Waals surface area contributed by atoms with E-state index in [1.165, 1.54) is 15.9 Å². The highest BCUT2D eigenvalue weighted by Crippen LogP contribution is 2.29. The molecule has 31 heavy (non-hydrogen) atoms. The molecule has 6 rings (SSSR count). The predicted octanol–water partition coefficient (Wildman–Crippen LogP) is 3.57. The minimum Gasteiger partial charge on any atom is -0.355 e. The first-order valence-electron chi connectivity index (χ1n) is 9.53. The lowest BCUT2D eigenvalue weighted by Crippen LogP contribution is -2.23. The Morgan fingerprint density at radius 2 is 1.81 bits per heavy atom. The Balaban J connectivity index is 1.45. The summed E-state index contributed by atoms with van der Waals surface area (Å²) in [5.74, 6) is 1.22. The maximum atomic E-state index is 12.9. The summed E-state index contributed by atoms with van der Waals surface area (Å²) in [6, 6.07) is 19.2. The Hall–Kier alpha value is -4.17. The molecular weight excluding hydrogens is 410 g/mol. The topological polar surface area (TPSA) is 86.2 Å². The number of aromatic nitrogens is 5. The highest BCUT2D eigenvalue weighted by Gasteiger charge is 2.13. The van der Waals surface area contributed by atoms with Gasteiger partial charge >= 0.3 is 0 Å². The van der Waals surface area contributed by atoms with Crippen molar-refractivity contribution < 1.29 is 4.52 Å². The van der Waals surface area contributed by atoms with E-state index < -0.39 is 0 Å². The van der Waals surface area contributed by atoms with Gasteiger partial charge in [0.1, 0.15) is 5.52 Å². The molecule has 0 radical (unpaired) electrons. The average Bonchev–Trinajstić information content (AvgIpc) is 3.50. The first kappa shape index (κ1) is 17.7. The average molecular weight is 423 g/mol. The summed E-state index contributed by atoms with van der Waals surface area (Å²) in [4.78, 5) is 21.9. The van der Waals surface area contributed by atoms with Gasteiger partial charge in [0.15, 0.2) is 11.6 Å². The maximum absolute atomic E-state index is 12.9. The molecule has 0 amide bonds. The molecule has 0 spiro atoms. The third kappa shape index (κ3) is 3.01. The van der Waals surface area contributed by atoms with Gasteiger partial charge in [-0.15, -0.1) is 5.10 Å². The van der Waals surface area contributed by atoms with Crippen molar-refractivity contribution in [1.29, 1.82) is 0 Å². The molecule has 0 aliphatic heterocycles. The Morgan fingerprint density at radius 3 is 2.61 bits per heavy atom. The van der Waals surface area contributed by atoms with Gasteiger partial charge in [0, 0.05) is 23.5 Å². The molecular formula is C23H13N5O2S. The number of benzene rings is 2. The summed E-state index contributed by atoms with van der Waals surface area (Å²) in [5, 5.41) is 9.42. The summed E-state index contributed by atoms with van der Waals surface area (Å²) in [7, 11) is 0. The van der Waals surface area contributed by atoms with Crippen LogP contribution in [0.2, 0.25) is 0 Å². The van der Waals surface area contributed by atoms with Crippen molar-refractivity contribution in [2.45, 2.75) is 0 Å². The number of hydrogen-bond acceptors (Lipinski definition) is 7. The van der Waals surface area contributed by atoms with E-state index in [0.717, 1.165) is 27.6 Å². The van der Waals surface area contributed by atoms with Gasteiger partial charge in [-0.3, -0.25) is 9.78 Å². The van der Waals surface area contributed by atoms with Gasteiger partial charge in [-0.05, 0) is 35.9 Å². The van der Waals surface area contributed by atoms with Gasteiger partial charge in [0.05, 0.1) is 9.92 Å². The number of pyridine rings is 1. The molecule has 0 aliphatic carbocycles. The van der Waals surface area contributed by atoms with Crippen LogP contribution < -0.4 is 10.1 Å². The minimum atomic E-state index is -0.193. The van der Waals surface area contributed by atoms with Crippen molar-refractivity contribution >= 4 is 33.3 Å². The summed E-state index contributed by atoms with van der Waals surface area (Å²) in [5.41, 5.74) is 3.23. The highest BCUT2D eigenvalue weighted by atomic mass is 32.1. The molecule has 4 aromatic heterocycles. The molecule has 0 fully saturated rings. The zero-order valence-corrected chi connectivity index (χ0v) is 16.8.